The van der Waals surface area contributed by atoms with Crippen LogP contribution in [-0.2, 0) is 4.29 Å². The van der Waals surface area contributed by atoms with Gasteiger partial charge in [-0.1, -0.05) is 120 Å². The molecule has 2 rings (SSSR count). The van der Waals surface area contributed by atoms with E-state index in [0.29, 0.717) is 0 Å². The summed E-state index contributed by atoms with van der Waals surface area (Å²) in [4.78, 5) is 0. The van der Waals surface area contributed by atoms with Crippen LogP contribution in [0.15, 0.2) is 36.4 Å². The monoisotopic (exact) mass is 624 g/mol. The maximum atomic E-state index is 3.53. The zero-order chi connectivity index (χ0) is 13.6. The number of benzene rings is 2. The fourth-order valence-corrected chi connectivity index (χ4v) is 3.08. The van der Waals surface area contributed by atoms with Crippen LogP contribution in [0.3, 0.4) is 0 Å². The Kier molecular flexibility index (Phi) is 5.11. The van der Waals surface area contributed by atoms with Gasteiger partial charge in [0.1, 0.15) is 0 Å². The molecule has 0 aromatic heterocycles. The van der Waals surface area contributed by atoms with Crippen LogP contribution in [0.2, 0.25) is 0 Å². The molecule has 6 heteroatoms. The first kappa shape index (κ1) is 16.0. The van der Waals surface area contributed by atoms with Gasteiger partial charge in [-0.25, -0.2) is 0 Å². The second-order valence-electron chi connectivity index (χ2n) is 3.77. The van der Waals surface area contributed by atoms with E-state index in [1.165, 1.54) is 10.8 Å². The molecule has 0 bridgehead atoms. The fraction of sp³-hybridized carbons (Fsp3) is 0.167. The SMILES string of the molecule is BrC(Br)(Br)c1ccc2cc(C(Br)(Br)Br)ccc2c1. The highest BCUT2D eigenvalue weighted by atomic mass is 80.0. The van der Waals surface area contributed by atoms with Gasteiger partial charge in [0.15, 0.2) is 4.29 Å². The Bertz CT molecular complexity index is 526. The minimum absolute atomic E-state index is 0.371. The van der Waals surface area contributed by atoms with Crippen molar-refractivity contribution < 1.29 is 0 Å². The molecule has 0 aliphatic heterocycles. The van der Waals surface area contributed by atoms with Gasteiger partial charge in [0.2, 0.25) is 0 Å². The van der Waals surface area contributed by atoms with E-state index < -0.39 is 0 Å². The summed E-state index contributed by atoms with van der Waals surface area (Å²) in [5.41, 5.74) is 2.23. The first-order chi connectivity index (χ1) is 8.18. The van der Waals surface area contributed by atoms with Crippen molar-refractivity contribution in [3.63, 3.8) is 0 Å². The molecule has 2 aromatic rings. The number of hydrogen-bond donors (Lipinski definition) is 0. The Morgan fingerprint density at radius 3 is 1.17 bits per heavy atom. The summed E-state index contributed by atoms with van der Waals surface area (Å²) in [5.74, 6) is 0. The van der Waals surface area contributed by atoms with Gasteiger partial charge in [0.05, 0.1) is 0 Å². The number of rotatable bonds is 0. The lowest BCUT2D eigenvalue weighted by Gasteiger charge is -2.16. The fourth-order valence-electron chi connectivity index (χ4n) is 1.60. The van der Waals surface area contributed by atoms with Gasteiger partial charge in [-0.2, -0.15) is 0 Å². The third kappa shape index (κ3) is 3.82. The predicted octanol–water partition coefficient (Wildman–Crippen LogP) is 7.43. The Morgan fingerprint density at radius 1 is 0.556 bits per heavy atom. The van der Waals surface area contributed by atoms with E-state index in [2.05, 4.69) is 132 Å². The molecule has 0 saturated heterocycles. The molecule has 18 heavy (non-hydrogen) atoms. The van der Waals surface area contributed by atoms with Crippen LogP contribution in [0.25, 0.3) is 10.8 Å². The maximum Gasteiger partial charge on any atom is 0.159 e. The summed E-state index contributed by atoms with van der Waals surface area (Å²) in [6.07, 6.45) is 0. The van der Waals surface area contributed by atoms with Gasteiger partial charge >= 0.3 is 0 Å². The highest BCUT2D eigenvalue weighted by Crippen LogP contribution is 2.47. The van der Waals surface area contributed by atoms with Gasteiger partial charge in [0, 0.05) is 0 Å². The second-order valence-corrected chi connectivity index (χ2v) is 17.3. The highest BCUT2D eigenvalue weighted by molar-refractivity contribution is 9.39. The number of alkyl halides is 6. The normalized spacial score (nSPS) is 13.0. The lowest BCUT2D eigenvalue weighted by Crippen LogP contribution is -1.99. The van der Waals surface area contributed by atoms with Crippen molar-refractivity contribution >= 4 is 106 Å². The van der Waals surface area contributed by atoms with Gasteiger partial charge in [0.25, 0.3) is 0 Å². The quantitative estimate of drug-likeness (QED) is 0.266. The molecule has 0 aliphatic rings. The summed E-state index contributed by atoms with van der Waals surface area (Å²) < 4.78 is -0.742. The summed E-state index contributed by atoms with van der Waals surface area (Å²) in [7, 11) is 0. The molecular weight excluding hydrogens is 624 g/mol. The van der Waals surface area contributed by atoms with Crippen molar-refractivity contribution in [2.75, 3.05) is 0 Å². The van der Waals surface area contributed by atoms with Gasteiger partial charge < -0.3 is 0 Å². The van der Waals surface area contributed by atoms with Gasteiger partial charge in [-0.05, 0) is 34.0 Å². The summed E-state index contributed by atoms with van der Waals surface area (Å²) in [6, 6.07) is 12.6. The van der Waals surface area contributed by atoms with Crippen molar-refractivity contribution in [3.8, 4) is 0 Å². The third-order valence-corrected chi connectivity index (χ3v) is 5.24. The molecule has 0 unspecified atom stereocenters. The summed E-state index contributed by atoms with van der Waals surface area (Å²) >= 11 is 21.2. The van der Waals surface area contributed by atoms with Crippen LogP contribution in [0, 0.1) is 0 Å². The summed E-state index contributed by atoms with van der Waals surface area (Å²) in [6.45, 7) is 0. The van der Waals surface area contributed by atoms with Crippen molar-refractivity contribution in [1.29, 1.82) is 0 Å². The molecule has 2 aromatic carbocycles. The molecule has 96 valence electrons. The van der Waals surface area contributed by atoms with Crippen LogP contribution in [0.5, 0.6) is 0 Å². The largest absolute Gasteiger partial charge is 0.159 e. The Morgan fingerprint density at radius 2 is 0.889 bits per heavy atom. The lowest BCUT2D eigenvalue weighted by atomic mass is 10.1. The number of hydrogen-bond acceptors (Lipinski definition) is 0. The minimum atomic E-state index is -0.371. The minimum Gasteiger partial charge on any atom is -0.0553 e. The Hall–Kier alpha value is 1.58. The number of fused-ring (bicyclic) bond motifs is 1. The predicted molar refractivity (Wildman–Crippen MR) is 101 cm³/mol. The molecular formula is C12H6Br6. The first-order valence-electron chi connectivity index (χ1n) is 4.86. The van der Waals surface area contributed by atoms with Crippen molar-refractivity contribution in [1.82, 2.24) is 0 Å². The zero-order valence-corrected chi connectivity index (χ0v) is 18.2. The molecule has 0 heterocycles. The molecule has 0 fully saturated rings. The van der Waals surface area contributed by atoms with E-state index >= 15 is 0 Å². The smallest absolute Gasteiger partial charge is 0.0553 e. The van der Waals surface area contributed by atoms with E-state index in [-0.39, 0.29) is 4.29 Å². The van der Waals surface area contributed by atoms with Crippen molar-refractivity contribution in [2.45, 2.75) is 4.29 Å². The molecule has 0 aliphatic carbocycles. The van der Waals surface area contributed by atoms with E-state index in [1.807, 2.05) is 0 Å². The van der Waals surface area contributed by atoms with E-state index in [9.17, 15) is 0 Å². The molecule has 0 amide bonds. The van der Waals surface area contributed by atoms with Crippen LogP contribution in [0.4, 0.5) is 0 Å². The van der Waals surface area contributed by atoms with Crippen LogP contribution < -0.4 is 0 Å². The average molecular weight is 630 g/mol. The van der Waals surface area contributed by atoms with Crippen LogP contribution in [0.1, 0.15) is 11.1 Å². The summed E-state index contributed by atoms with van der Waals surface area (Å²) in [5, 5.41) is 2.38. The maximum absolute atomic E-state index is 3.53. The standard InChI is InChI=1S/C12H6Br6/c13-11(14,15)9-3-1-7-5-10(12(16,17)18)4-2-8(7)6-9/h1-6H. The van der Waals surface area contributed by atoms with Gasteiger partial charge in [-0.15, -0.1) is 0 Å². The Labute approximate surface area is 156 Å². The topological polar surface area (TPSA) is 0 Å². The van der Waals surface area contributed by atoms with Gasteiger partial charge in [-0.3, -0.25) is 0 Å². The second kappa shape index (κ2) is 5.76. The average Bonchev–Trinajstić information content (AvgIpc) is 2.25. The highest BCUT2D eigenvalue weighted by Gasteiger charge is 2.23. The van der Waals surface area contributed by atoms with E-state index in [1.54, 1.807) is 0 Å². The molecule has 0 atom stereocenters. The van der Waals surface area contributed by atoms with E-state index in [0.717, 1.165) is 11.1 Å². The van der Waals surface area contributed by atoms with Crippen molar-refractivity contribution in [2.24, 2.45) is 0 Å². The van der Waals surface area contributed by atoms with E-state index in [4.69, 9.17) is 0 Å². The zero-order valence-electron chi connectivity index (χ0n) is 8.73. The van der Waals surface area contributed by atoms with Crippen LogP contribution >= 0.6 is 95.6 Å². The Balaban J connectivity index is 2.56. The molecule has 0 saturated carbocycles. The van der Waals surface area contributed by atoms with Crippen LogP contribution in [-0.4, -0.2) is 0 Å². The first-order valence-corrected chi connectivity index (χ1v) is 9.62. The molecule has 0 nitrogen and oxygen atoms in total. The lowest BCUT2D eigenvalue weighted by molar-refractivity contribution is 1.37. The molecule has 0 spiro atoms. The van der Waals surface area contributed by atoms with Crippen molar-refractivity contribution in [3.05, 3.63) is 47.5 Å². The number of halogens is 6. The molecule has 0 N–H and O–H groups in total. The third-order valence-electron chi connectivity index (χ3n) is 2.49. The molecule has 0 radical (unpaired) electrons.